The number of carbonyl (C=O) groups is 2. The van der Waals surface area contributed by atoms with Gasteiger partial charge in [-0.05, 0) is 35.9 Å². The largest absolute Gasteiger partial charge is 0.489 e. The molecule has 2 aromatic rings. The molecular formula is C22H19BrO5. The van der Waals surface area contributed by atoms with Gasteiger partial charge in [0.25, 0.3) is 5.79 Å². The first-order valence-corrected chi connectivity index (χ1v) is 9.46. The van der Waals surface area contributed by atoms with E-state index >= 15 is 0 Å². The summed E-state index contributed by atoms with van der Waals surface area (Å²) in [6, 6.07) is 15.2. The molecule has 0 radical (unpaired) electrons. The molecule has 0 atom stereocenters. The Morgan fingerprint density at radius 1 is 1.04 bits per heavy atom. The molecule has 1 fully saturated rings. The van der Waals surface area contributed by atoms with Gasteiger partial charge in [0.1, 0.15) is 17.9 Å². The highest BCUT2D eigenvalue weighted by Gasteiger charge is 2.39. The lowest BCUT2D eigenvalue weighted by Crippen LogP contribution is -2.41. The molecule has 0 N–H and O–H groups in total. The van der Waals surface area contributed by atoms with Crippen LogP contribution in [-0.4, -0.2) is 24.3 Å². The van der Waals surface area contributed by atoms with Gasteiger partial charge in [0, 0.05) is 23.9 Å². The highest BCUT2D eigenvalue weighted by Crippen LogP contribution is 2.29. The van der Waals surface area contributed by atoms with Crippen molar-refractivity contribution < 1.29 is 23.8 Å². The Morgan fingerprint density at radius 2 is 1.71 bits per heavy atom. The Hall–Kier alpha value is -2.86. The van der Waals surface area contributed by atoms with E-state index in [0.29, 0.717) is 17.9 Å². The Kier molecular flexibility index (Phi) is 5.99. The molecular weight excluding hydrogens is 424 g/mol. The number of ether oxygens (including phenoxy) is 3. The SMILES string of the molecule is CC1(C)OC(=O)C(=Cc2cc(Br)ccc2OCC=Cc2ccccc2)C(=O)O1. The van der Waals surface area contributed by atoms with Crippen molar-refractivity contribution in [1.82, 2.24) is 0 Å². The average Bonchev–Trinajstić information content (AvgIpc) is 2.63. The van der Waals surface area contributed by atoms with E-state index < -0.39 is 17.7 Å². The molecule has 0 unspecified atom stereocenters. The summed E-state index contributed by atoms with van der Waals surface area (Å²) in [5.74, 6) is -2.20. The second-order valence-electron chi connectivity index (χ2n) is 6.54. The van der Waals surface area contributed by atoms with Crippen molar-refractivity contribution in [3.63, 3.8) is 0 Å². The molecule has 0 saturated carbocycles. The third-order valence-corrected chi connectivity index (χ3v) is 4.33. The van der Waals surface area contributed by atoms with Crippen LogP contribution in [0, 0.1) is 0 Å². The minimum Gasteiger partial charge on any atom is -0.489 e. The van der Waals surface area contributed by atoms with Crippen molar-refractivity contribution >= 4 is 40.0 Å². The van der Waals surface area contributed by atoms with Gasteiger partial charge in [-0.2, -0.15) is 0 Å². The van der Waals surface area contributed by atoms with Crippen molar-refractivity contribution in [2.75, 3.05) is 6.61 Å². The number of hydrogen-bond donors (Lipinski definition) is 0. The van der Waals surface area contributed by atoms with Gasteiger partial charge in [-0.25, -0.2) is 9.59 Å². The van der Waals surface area contributed by atoms with E-state index in [9.17, 15) is 9.59 Å². The average molecular weight is 443 g/mol. The van der Waals surface area contributed by atoms with Crippen LogP contribution in [0.3, 0.4) is 0 Å². The summed E-state index contributed by atoms with van der Waals surface area (Å²) in [7, 11) is 0. The maximum absolute atomic E-state index is 12.2. The first-order valence-electron chi connectivity index (χ1n) is 8.66. The summed E-state index contributed by atoms with van der Waals surface area (Å²) in [6.07, 6.45) is 5.26. The van der Waals surface area contributed by atoms with Crippen LogP contribution >= 0.6 is 15.9 Å². The summed E-state index contributed by atoms with van der Waals surface area (Å²) >= 11 is 3.39. The fourth-order valence-corrected chi connectivity index (χ4v) is 2.96. The van der Waals surface area contributed by atoms with Gasteiger partial charge in [-0.3, -0.25) is 0 Å². The van der Waals surface area contributed by atoms with Crippen molar-refractivity contribution in [1.29, 1.82) is 0 Å². The van der Waals surface area contributed by atoms with Gasteiger partial charge in [0.2, 0.25) is 0 Å². The minimum atomic E-state index is -1.27. The highest BCUT2D eigenvalue weighted by molar-refractivity contribution is 9.10. The van der Waals surface area contributed by atoms with E-state index in [2.05, 4.69) is 15.9 Å². The van der Waals surface area contributed by atoms with E-state index in [0.717, 1.165) is 10.0 Å². The van der Waals surface area contributed by atoms with Crippen molar-refractivity contribution in [2.24, 2.45) is 0 Å². The van der Waals surface area contributed by atoms with Gasteiger partial charge in [-0.15, -0.1) is 0 Å². The van der Waals surface area contributed by atoms with Crippen LogP contribution < -0.4 is 4.74 Å². The third-order valence-electron chi connectivity index (χ3n) is 3.83. The molecule has 144 valence electrons. The summed E-state index contributed by atoms with van der Waals surface area (Å²) in [5.41, 5.74) is 1.45. The van der Waals surface area contributed by atoms with Crippen LogP contribution in [0.1, 0.15) is 25.0 Å². The van der Waals surface area contributed by atoms with Gasteiger partial charge in [-0.1, -0.05) is 52.3 Å². The predicted molar refractivity (Wildman–Crippen MR) is 109 cm³/mol. The Bertz CT molecular complexity index is 923. The Labute approximate surface area is 171 Å². The van der Waals surface area contributed by atoms with Crippen molar-refractivity contribution in [2.45, 2.75) is 19.6 Å². The van der Waals surface area contributed by atoms with E-state index in [1.54, 1.807) is 12.1 Å². The van der Waals surface area contributed by atoms with Gasteiger partial charge in [0.05, 0.1) is 0 Å². The zero-order valence-electron chi connectivity index (χ0n) is 15.5. The standard InChI is InChI=1S/C22H19BrO5/c1-22(2)27-20(24)18(21(25)28-22)14-16-13-17(23)10-11-19(16)26-12-6-9-15-7-4-3-5-8-15/h3-11,13-14H,12H2,1-2H3. The summed E-state index contributed by atoms with van der Waals surface area (Å²) < 4.78 is 16.9. The molecule has 0 aromatic heterocycles. The number of cyclic esters (lactones) is 2. The van der Waals surface area contributed by atoms with Crippen LogP contribution in [0.4, 0.5) is 0 Å². The van der Waals surface area contributed by atoms with Crippen LogP contribution in [0.15, 0.2) is 64.7 Å². The smallest absolute Gasteiger partial charge is 0.348 e. The molecule has 1 aliphatic rings. The molecule has 6 heteroatoms. The van der Waals surface area contributed by atoms with E-state index in [4.69, 9.17) is 14.2 Å². The third kappa shape index (κ3) is 5.10. The lowest BCUT2D eigenvalue weighted by molar-refractivity contribution is -0.222. The summed E-state index contributed by atoms with van der Waals surface area (Å²) in [5, 5.41) is 0. The van der Waals surface area contributed by atoms with Crippen LogP contribution in [0.2, 0.25) is 0 Å². The molecule has 0 spiro atoms. The predicted octanol–water partition coefficient (Wildman–Crippen LogP) is 4.76. The zero-order valence-corrected chi connectivity index (χ0v) is 17.1. The lowest BCUT2D eigenvalue weighted by Gasteiger charge is -2.29. The fraction of sp³-hybridized carbons (Fsp3) is 0.182. The van der Waals surface area contributed by atoms with Crippen LogP contribution in [-0.2, 0) is 19.1 Å². The van der Waals surface area contributed by atoms with Crippen LogP contribution in [0.5, 0.6) is 5.75 Å². The Balaban J connectivity index is 1.78. The topological polar surface area (TPSA) is 61.8 Å². The molecule has 0 aliphatic carbocycles. The summed E-state index contributed by atoms with van der Waals surface area (Å²) in [6.45, 7) is 3.34. The molecule has 2 aromatic carbocycles. The first kappa shape index (κ1) is 19.9. The maximum atomic E-state index is 12.2. The monoisotopic (exact) mass is 442 g/mol. The molecule has 5 nitrogen and oxygen atoms in total. The number of rotatable bonds is 5. The second kappa shape index (κ2) is 8.44. The van der Waals surface area contributed by atoms with Crippen LogP contribution in [0.25, 0.3) is 12.2 Å². The molecule has 1 heterocycles. The zero-order chi connectivity index (χ0) is 20.1. The van der Waals surface area contributed by atoms with Crippen molar-refractivity contribution in [3.8, 4) is 5.75 Å². The molecule has 0 amide bonds. The van der Waals surface area contributed by atoms with E-state index in [1.807, 2.05) is 48.6 Å². The van der Waals surface area contributed by atoms with E-state index in [-0.39, 0.29) is 5.57 Å². The Morgan fingerprint density at radius 3 is 2.39 bits per heavy atom. The molecule has 1 aliphatic heterocycles. The van der Waals surface area contributed by atoms with Crippen molar-refractivity contribution in [3.05, 3.63) is 75.8 Å². The number of esters is 2. The van der Waals surface area contributed by atoms with Gasteiger partial charge < -0.3 is 14.2 Å². The second-order valence-corrected chi connectivity index (χ2v) is 7.46. The van der Waals surface area contributed by atoms with Gasteiger partial charge >= 0.3 is 11.9 Å². The molecule has 3 rings (SSSR count). The number of hydrogen-bond acceptors (Lipinski definition) is 5. The molecule has 1 saturated heterocycles. The van der Waals surface area contributed by atoms with E-state index in [1.165, 1.54) is 19.9 Å². The number of halogens is 1. The number of benzene rings is 2. The number of carbonyl (C=O) groups excluding carboxylic acids is 2. The summed E-state index contributed by atoms with van der Waals surface area (Å²) in [4.78, 5) is 24.4. The first-order chi connectivity index (χ1) is 13.3. The highest BCUT2D eigenvalue weighted by atomic mass is 79.9. The quantitative estimate of drug-likeness (QED) is 0.379. The fourth-order valence-electron chi connectivity index (χ4n) is 2.58. The lowest BCUT2D eigenvalue weighted by atomic mass is 10.1. The molecule has 0 bridgehead atoms. The minimum absolute atomic E-state index is 0.179. The molecule has 28 heavy (non-hydrogen) atoms. The normalized spacial score (nSPS) is 15.9. The van der Waals surface area contributed by atoms with Gasteiger partial charge in [0.15, 0.2) is 0 Å². The maximum Gasteiger partial charge on any atom is 0.348 e.